The van der Waals surface area contributed by atoms with Crippen LogP contribution in [0.2, 0.25) is 0 Å². The second-order valence-corrected chi connectivity index (χ2v) is 5.47. The van der Waals surface area contributed by atoms with Crippen LogP contribution in [0.3, 0.4) is 0 Å². The third-order valence-corrected chi connectivity index (χ3v) is 3.61. The van der Waals surface area contributed by atoms with Crippen LogP contribution in [0.25, 0.3) is 0 Å². The Hall–Kier alpha value is -3.34. The van der Waals surface area contributed by atoms with Crippen molar-refractivity contribution in [1.82, 2.24) is 9.97 Å². The summed E-state index contributed by atoms with van der Waals surface area (Å²) >= 11 is 0. The number of carbonyl (C=O) groups excluding carboxylic acids is 2. The molecule has 3 rings (SSSR count). The van der Waals surface area contributed by atoms with Crippen molar-refractivity contribution in [2.75, 3.05) is 0 Å². The Bertz CT molecular complexity index is 862. The molecule has 0 aliphatic heterocycles. The average molecular weight is 332 g/mol. The van der Waals surface area contributed by atoms with E-state index in [1.807, 2.05) is 12.1 Å². The fourth-order valence-corrected chi connectivity index (χ4v) is 2.32. The van der Waals surface area contributed by atoms with Crippen LogP contribution in [-0.4, -0.2) is 21.7 Å². The normalized spacial score (nSPS) is 11.6. The molecule has 0 bridgehead atoms. The van der Waals surface area contributed by atoms with Gasteiger partial charge in [0.15, 0.2) is 11.8 Å². The highest BCUT2D eigenvalue weighted by Gasteiger charge is 2.27. The number of rotatable bonds is 5. The van der Waals surface area contributed by atoms with Crippen molar-refractivity contribution in [3.05, 3.63) is 95.6 Å². The number of esters is 1. The van der Waals surface area contributed by atoms with E-state index >= 15 is 0 Å². The Morgan fingerprint density at radius 1 is 0.880 bits per heavy atom. The Morgan fingerprint density at radius 2 is 1.52 bits per heavy atom. The quantitative estimate of drug-likeness (QED) is 0.528. The predicted octanol–water partition coefficient (Wildman–Crippen LogP) is 3.57. The number of ketones is 1. The van der Waals surface area contributed by atoms with Crippen molar-refractivity contribution in [2.24, 2.45) is 0 Å². The second kappa shape index (κ2) is 7.49. The van der Waals surface area contributed by atoms with E-state index in [9.17, 15) is 9.59 Å². The van der Waals surface area contributed by atoms with Gasteiger partial charge in [0.25, 0.3) is 0 Å². The molecule has 0 saturated carbocycles. The van der Waals surface area contributed by atoms with E-state index in [0.29, 0.717) is 16.8 Å². The number of hydrogen-bond acceptors (Lipinski definition) is 5. The van der Waals surface area contributed by atoms with Crippen molar-refractivity contribution >= 4 is 11.8 Å². The van der Waals surface area contributed by atoms with Crippen LogP contribution in [0.1, 0.15) is 38.2 Å². The van der Waals surface area contributed by atoms with Gasteiger partial charge < -0.3 is 4.74 Å². The number of carbonyl (C=O) groups is 2. The zero-order valence-corrected chi connectivity index (χ0v) is 13.6. The van der Waals surface area contributed by atoms with E-state index in [1.165, 1.54) is 12.4 Å². The SMILES string of the molecule is Cc1cnc(C(=O)O[C@H](C(=O)c2ccccc2)c2ccccc2)cn1. The smallest absolute Gasteiger partial charge is 0.359 e. The zero-order valence-electron chi connectivity index (χ0n) is 13.6. The largest absolute Gasteiger partial charge is 0.444 e. The van der Waals surface area contributed by atoms with Gasteiger partial charge in [-0.05, 0) is 6.92 Å². The summed E-state index contributed by atoms with van der Waals surface area (Å²) in [5, 5.41) is 0. The molecular formula is C20H16N2O3. The molecule has 2 aromatic carbocycles. The molecule has 0 amide bonds. The van der Waals surface area contributed by atoms with Crippen LogP contribution in [0, 0.1) is 6.92 Å². The second-order valence-electron chi connectivity index (χ2n) is 5.47. The Labute approximate surface area is 145 Å². The highest BCUT2D eigenvalue weighted by Crippen LogP contribution is 2.23. The molecule has 0 radical (unpaired) electrons. The topological polar surface area (TPSA) is 69.2 Å². The molecule has 25 heavy (non-hydrogen) atoms. The van der Waals surface area contributed by atoms with Crippen LogP contribution in [0.5, 0.6) is 0 Å². The maximum absolute atomic E-state index is 12.9. The average Bonchev–Trinajstić information content (AvgIpc) is 2.67. The van der Waals surface area contributed by atoms with Crippen molar-refractivity contribution in [1.29, 1.82) is 0 Å². The van der Waals surface area contributed by atoms with Gasteiger partial charge in [-0.2, -0.15) is 0 Å². The van der Waals surface area contributed by atoms with E-state index in [2.05, 4.69) is 9.97 Å². The first-order chi connectivity index (χ1) is 12.1. The van der Waals surface area contributed by atoms with Gasteiger partial charge in [-0.3, -0.25) is 9.78 Å². The summed E-state index contributed by atoms with van der Waals surface area (Å²) in [7, 11) is 0. The number of benzene rings is 2. The molecule has 1 heterocycles. The zero-order chi connectivity index (χ0) is 17.6. The van der Waals surface area contributed by atoms with Gasteiger partial charge >= 0.3 is 5.97 Å². The molecule has 0 spiro atoms. The standard InChI is InChI=1S/C20H16N2O3/c1-14-12-22-17(13-21-14)20(24)25-19(16-10-6-3-7-11-16)18(23)15-8-4-2-5-9-15/h2-13,19H,1H3/t19-/m0/s1. The van der Waals surface area contributed by atoms with Gasteiger partial charge in [0.1, 0.15) is 0 Å². The molecule has 124 valence electrons. The van der Waals surface area contributed by atoms with Gasteiger partial charge in [0.2, 0.25) is 5.78 Å². The lowest BCUT2D eigenvalue weighted by molar-refractivity contribution is 0.0274. The van der Waals surface area contributed by atoms with Crippen LogP contribution in [0.4, 0.5) is 0 Å². The third-order valence-electron chi connectivity index (χ3n) is 3.61. The lowest BCUT2D eigenvalue weighted by atomic mass is 10.00. The molecular weight excluding hydrogens is 316 g/mol. The summed E-state index contributed by atoms with van der Waals surface area (Å²) < 4.78 is 5.49. The van der Waals surface area contributed by atoms with E-state index in [1.54, 1.807) is 55.5 Å². The summed E-state index contributed by atoms with van der Waals surface area (Å²) in [5.74, 6) is -0.981. The molecule has 3 aromatic rings. The maximum Gasteiger partial charge on any atom is 0.359 e. The summed E-state index contributed by atoms with van der Waals surface area (Å²) in [6, 6.07) is 17.7. The summed E-state index contributed by atoms with van der Waals surface area (Å²) in [6.07, 6.45) is 1.78. The lowest BCUT2D eigenvalue weighted by Crippen LogP contribution is -2.21. The number of aromatic nitrogens is 2. The first-order valence-corrected chi connectivity index (χ1v) is 7.79. The molecule has 0 unspecified atom stereocenters. The van der Waals surface area contributed by atoms with Crippen LogP contribution < -0.4 is 0 Å². The number of Topliss-reactive ketones (excluding diaryl/α,β-unsaturated/α-hetero) is 1. The van der Waals surface area contributed by atoms with Crippen molar-refractivity contribution in [3.8, 4) is 0 Å². The summed E-state index contributed by atoms with van der Waals surface area (Å²) in [6.45, 7) is 1.77. The van der Waals surface area contributed by atoms with Gasteiger partial charge in [-0.1, -0.05) is 60.7 Å². The number of ether oxygens (including phenoxy) is 1. The maximum atomic E-state index is 12.9. The minimum absolute atomic E-state index is 0.0624. The number of hydrogen-bond donors (Lipinski definition) is 0. The number of nitrogens with zero attached hydrogens (tertiary/aromatic N) is 2. The van der Waals surface area contributed by atoms with Crippen LogP contribution in [0.15, 0.2) is 73.1 Å². The highest BCUT2D eigenvalue weighted by molar-refractivity contribution is 6.01. The lowest BCUT2D eigenvalue weighted by Gasteiger charge is -2.17. The predicted molar refractivity (Wildman–Crippen MR) is 92.1 cm³/mol. The van der Waals surface area contributed by atoms with Crippen molar-refractivity contribution in [2.45, 2.75) is 13.0 Å². The molecule has 1 aromatic heterocycles. The van der Waals surface area contributed by atoms with Gasteiger partial charge in [-0.25, -0.2) is 9.78 Å². The van der Waals surface area contributed by atoms with Crippen LogP contribution in [-0.2, 0) is 4.74 Å². The molecule has 1 atom stereocenters. The van der Waals surface area contributed by atoms with Gasteiger partial charge in [0.05, 0.1) is 11.9 Å². The first-order valence-electron chi connectivity index (χ1n) is 7.79. The van der Waals surface area contributed by atoms with E-state index in [0.717, 1.165) is 0 Å². The minimum atomic E-state index is -1.04. The molecule has 0 aliphatic rings. The molecule has 0 aliphatic carbocycles. The fraction of sp³-hybridized carbons (Fsp3) is 0.100. The number of aryl methyl sites for hydroxylation is 1. The molecule has 0 saturated heterocycles. The Morgan fingerprint density at radius 3 is 2.12 bits per heavy atom. The Balaban J connectivity index is 1.90. The van der Waals surface area contributed by atoms with Gasteiger partial charge in [0, 0.05) is 17.3 Å². The molecule has 0 N–H and O–H groups in total. The first kappa shape index (κ1) is 16.5. The van der Waals surface area contributed by atoms with E-state index in [4.69, 9.17) is 4.74 Å². The minimum Gasteiger partial charge on any atom is -0.444 e. The molecule has 0 fully saturated rings. The summed E-state index contributed by atoms with van der Waals surface area (Å²) in [5.41, 5.74) is 1.83. The fourth-order valence-electron chi connectivity index (χ4n) is 2.32. The van der Waals surface area contributed by atoms with Crippen molar-refractivity contribution in [3.63, 3.8) is 0 Å². The summed E-state index contributed by atoms with van der Waals surface area (Å²) in [4.78, 5) is 33.3. The molecule has 5 heteroatoms. The third kappa shape index (κ3) is 3.95. The van der Waals surface area contributed by atoms with Crippen molar-refractivity contribution < 1.29 is 14.3 Å². The van der Waals surface area contributed by atoms with Gasteiger partial charge in [-0.15, -0.1) is 0 Å². The van der Waals surface area contributed by atoms with Crippen LogP contribution >= 0.6 is 0 Å². The Kier molecular flexibility index (Phi) is 4.95. The van der Waals surface area contributed by atoms with E-state index < -0.39 is 12.1 Å². The molecule has 5 nitrogen and oxygen atoms in total. The highest BCUT2D eigenvalue weighted by atomic mass is 16.5. The van der Waals surface area contributed by atoms with E-state index in [-0.39, 0.29) is 11.5 Å². The monoisotopic (exact) mass is 332 g/mol.